The van der Waals surface area contributed by atoms with Gasteiger partial charge in [0.05, 0.1) is 11.7 Å². The number of piperidine rings is 2. The molecule has 0 N–H and O–H groups in total. The second-order valence-corrected chi connectivity index (χ2v) is 5.70. The van der Waals surface area contributed by atoms with Crippen molar-refractivity contribution in [3.8, 4) is 0 Å². The zero-order valence-electron chi connectivity index (χ0n) is 11.7. The summed E-state index contributed by atoms with van der Waals surface area (Å²) in [4.78, 5) is 16.8. The van der Waals surface area contributed by atoms with E-state index in [4.69, 9.17) is 0 Å². The van der Waals surface area contributed by atoms with Crippen molar-refractivity contribution in [3.63, 3.8) is 0 Å². The molecule has 0 saturated carbocycles. The third-order valence-corrected chi connectivity index (χ3v) is 4.57. The second-order valence-electron chi connectivity index (χ2n) is 5.70. The van der Waals surface area contributed by atoms with Crippen molar-refractivity contribution < 1.29 is 4.79 Å². The molecule has 3 rings (SSSR count). The van der Waals surface area contributed by atoms with Crippen LogP contribution in [0.1, 0.15) is 25.5 Å². The van der Waals surface area contributed by atoms with Gasteiger partial charge in [-0.15, -0.1) is 0 Å². The number of hydrogen-bond donors (Lipinski definition) is 0. The summed E-state index contributed by atoms with van der Waals surface area (Å²) in [5.74, 6) is 1.02. The van der Waals surface area contributed by atoms with Gasteiger partial charge in [-0.1, -0.05) is 0 Å². The number of aryl methyl sites for hydroxylation is 1. The highest BCUT2D eigenvalue weighted by atomic mass is 16.2. The first kappa shape index (κ1) is 12.7. The average molecular weight is 262 g/mol. The molecule has 3 heterocycles. The standard InChI is InChI=1S/C14H22N4O/c1-3-17-9-11-5-7-18(13(8-11)14(17)19)10-12-4-6-15-16(12)2/h4,6,11,13H,3,5,7-10H2,1-2H3/t11-,13+/m0/s1. The zero-order chi connectivity index (χ0) is 13.4. The number of amides is 1. The third-order valence-electron chi connectivity index (χ3n) is 4.57. The molecule has 2 saturated heterocycles. The van der Waals surface area contributed by atoms with E-state index in [0.29, 0.717) is 11.8 Å². The van der Waals surface area contributed by atoms with Crippen molar-refractivity contribution in [3.05, 3.63) is 18.0 Å². The summed E-state index contributed by atoms with van der Waals surface area (Å²) in [6, 6.07) is 2.12. The van der Waals surface area contributed by atoms with Crippen molar-refractivity contribution in [2.45, 2.75) is 32.4 Å². The van der Waals surface area contributed by atoms with Crippen LogP contribution in [-0.2, 0) is 18.4 Å². The van der Waals surface area contributed by atoms with Crippen molar-refractivity contribution in [1.29, 1.82) is 0 Å². The van der Waals surface area contributed by atoms with E-state index >= 15 is 0 Å². The molecule has 1 amide bonds. The zero-order valence-corrected chi connectivity index (χ0v) is 11.7. The quantitative estimate of drug-likeness (QED) is 0.811. The molecule has 2 aliphatic heterocycles. The monoisotopic (exact) mass is 262 g/mol. The van der Waals surface area contributed by atoms with Gasteiger partial charge in [-0.05, 0) is 38.3 Å². The van der Waals surface area contributed by atoms with E-state index in [1.54, 1.807) is 0 Å². The Kier molecular flexibility index (Phi) is 3.31. The normalized spacial score (nSPS) is 27.9. The predicted octanol–water partition coefficient (Wildman–Crippen LogP) is 0.863. The Labute approximate surface area is 114 Å². The maximum atomic E-state index is 12.5. The fourth-order valence-electron chi connectivity index (χ4n) is 3.36. The smallest absolute Gasteiger partial charge is 0.239 e. The van der Waals surface area contributed by atoms with Gasteiger partial charge in [0, 0.05) is 32.9 Å². The van der Waals surface area contributed by atoms with Gasteiger partial charge in [-0.25, -0.2) is 0 Å². The minimum atomic E-state index is 0.0855. The Balaban J connectivity index is 1.76. The summed E-state index contributed by atoms with van der Waals surface area (Å²) in [7, 11) is 1.96. The molecule has 1 aromatic heterocycles. The van der Waals surface area contributed by atoms with E-state index in [-0.39, 0.29) is 6.04 Å². The van der Waals surface area contributed by atoms with E-state index in [2.05, 4.69) is 16.9 Å². The number of aromatic nitrogens is 2. The van der Waals surface area contributed by atoms with E-state index in [0.717, 1.165) is 32.6 Å². The molecule has 0 spiro atoms. The van der Waals surface area contributed by atoms with Gasteiger partial charge < -0.3 is 4.90 Å². The summed E-state index contributed by atoms with van der Waals surface area (Å²) in [5, 5.41) is 4.21. The van der Waals surface area contributed by atoms with Gasteiger partial charge in [-0.3, -0.25) is 14.4 Å². The number of hydrogen-bond acceptors (Lipinski definition) is 3. The first-order chi connectivity index (χ1) is 9.19. The third kappa shape index (κ3) is 2.27. The molecule has 19 heavy (non-hydrogen) atoms. The lowest BCUT2D eigenvalue weighted by Crippen LogP contribution is -2.58. The van der Waals surface area contributed by atoms with Gasteiger partial charge in [0.15, 0.2) is 0 Å². The summed E-state index contributed by atoms with van der Waals surface area (Å²) in [6.45, 7) is 5.74. The summed E-state index contributed by atoms with van der Waals surface area (Å²) in [6.07, 6.45) is 4.06. The number of carbonyl (C=O) groups excluding carboxylic acids is 1. The molecule has 5 heteroatoms. The Morgan fingerprint density at radius 1 is 1.47 bits per heavy atom. The number of carbonyl (C=O) groups is 1. The molecular formula is C14H22N4O. The molecule has 2 atom stereocenters. The number of nitrogens with zero attached hydrogens (tertiary/aromatic N) is 4. The summed E-state index contributed by atoms with van der Waals surface area (Å²) < 4.78 is 1.90. The first-order valence-corrected chi connectivity index (χ1v) is 7.18. The average Bonchev–Trinajstić information content (AvgIpc) is 2.82. The topological polar surface area (TPSA) is 41.4 Å². The Morgan fingerprint density at radius 3 is 3.00 bits per heavy atom. The molecule has 0 aromatic carbocycles. The lowest BCUT2D eigenvalue weighted by Gasteiger charge is -2.46. The van der Waals surface area contributed by atoms with Gasteiger partial charge in [0.2, 0.25) is 5.91 Å². The van der Waals surface area contributed by atoms with Crippen LogP contribution in [0.25, 0.3) is 0 Å². The molecule has 104 valence electrons. The number of rotatable bonds is 3. The van der Waals surface area contributed by atoms with Gasteiger partial charge in [0.25, 0.3) is 0 Å². The molecule has 2 fully saturated rings. The van der Waals surface area contributed by atoms with E-state index in [9.17, 15) is 4.79 Å². The Hall–Kier alpha value is -1.36. The highest BCUT2D eigenvalue weighted by Gasteiger charge is 2.40. The Morgan fingerprint density at radius 2 is 2.32 bits per heavy atom. The summed E-state index contributed by atoms with van der Waals surface area (Å²) in [5.41, 5.74) is 1.18. The molecule has 1 aromatic rings. The highest BCUT2D eigenvalue weighted by Crippen LogP contribution is 2.30. The van der Waals surface area contributed by atoms with Crippen LogP contribution in [-0.4, -0.2) is 51.2 Å². The number of likely N-dealkylation sites (tertiary alicyclic amines) is 2. The van der Waals surface area contributed by atoms with Crippen molar-refractivity contribution >= 4 is 5.91 Å². The lowest BCUT2D eigenvalue weighted by atomic mass is 9.86. The maximum absolute atomic E-state index is 12.5. The van der Waals surface area contributed by atoms with Gasteiger partial charge in [0.1, 0.15) is 0 Å². The second kappa shape index (κ2) is 4.96. The van der Waals surface area contributed by atoms with Crippen molar-refractivity contribution in [1.82, 2.24) is 19.6 Å². The highest BCUT2D eigenvalue weighted by molar-refractivity contribution is 5.83. The van der Waals surface area contributed by atoms with Crippen LogP contribution in [0.4, 0.5) is 0 Å². The first-order valence-electron chi connectivity index (χ1n) is 7.18. The predicted molar refractivity (Wildman–Crippen MR) is 72.4 cm³/mol. The molecule has 0 radical (unpaired) electrons. The molecule has 2 bridgehead atoms. The van der Waals surface area contributed by atoms with Crippen LogP contribution >= 0.6 is 0 Å². The number of likely N-dealkylation sites (N-methyl/N-ethyl adjacent to an activating group) is 1. The lowest BCUT2D eigenvalue weighted by molar-refractivity contribution is -0.145. The molecule has 5 nitrogen and oxygen atoms in total. The molecule has 2 aliphatic rings. The minimum Gasteiger partial charge on any atom is -0.341 e. The van der Waals surface area contributed by atoms with Gasteiger partial charge >= 0.3 is 0 Å². The minimum absolute atomic E-state index is 0.0855. The number of fused-ring (bicyclic) bond motifs is 2. The molecule has 0 aliphatic carbocycles. The van der Waals surface area contributed by atoms with E-state index < -0.39 is 0 Å². The van der Waals surface area contributed by atoms with Crippen LogP contribution in [0.3, 0.4) is 0 Å². The summed E-state index contributed by atoms with van der Waals surface area (Å²) >= 11 is 0. The fourth-order valence-corrected chi connectivity index (χ4v) is 3.36. The maximum Gasteiger partial charge on any atom is 0.239 e. The molecular weight excluding hydrogens is 240 g/mol. The Bertz CT molecular complexity index is 470. The van der Waals surface area contributed by atoms with Gasteiger partial charge in [-0.2, -0.15) is 5.10 Å². The van der Waals surface area contributed by atoms with E-state index in [1.807, 2.05) is 28.9 Å². The largest absolute Gasteiger partial charge is 0.341 e. The van der Waals surface area contributed by atoms with Crippen LogP contribution < -0.4 is 0 Å². The molecule has 0 unspecified atom stereocenters. The van der Waals surface area contributed by atoms with Crippen molar-refractivity contribution in [2.75, 3.05) is 19.6 Å². The fraction of sp³-hybridized carbons (Fsp3) is 0.714. The van der Waals surface area contributed by atoms with Crippen LogP contribution in [0.15, 0.2) is 12.3 Å². The van der Waals surface area contributed by atoms with Crippen LogP contribution in [0.2, 0.25) is 0 Å². The van der Waals surface area contributed by atoms with Crippen LogP contribution in [0, 0.1) is 5.92 Å². The van der Waals surface area contributed by atoms with E-state index in [1.165, 1.54) is 12.1 Å². The SMILES string of the molecule is CCN1C[C@H]2CCN(Cc3ccnn3C)[C@H](C2)C1=O. The van der Waals surface area contributed by atoms with Crippen molar-refractivity contribution in [2.24, 2.45) is 13.0 Å². The van der Waals surface area contributed by atoms with Crippen LogP contribution in [0.5, 0.6) is 0 Å².